The Balaban J connectivity index is 2.03. The highest BCUT2D eigenvalue weighted by molar-refractivity contribution is 6.19. The molecule has 0 spiro atoms. The Labute approximate surface area is 194 Å². The van der Waals surface area contributed by atoms with Gasteiger partial charge in [-0.15, -0.1) is 11.6 Å². The Bertz CT molecular complexity index is 1120. The van der Waals surface area contributed by atoms with Gasteiger partial charge in [0.25, 0.3) is 5.91 Å². The van der Waals surface area contributed by atoms with Gasteiger partial charge in [-0.2, -0.15) is 5.26 Å². The largest absolute Gasteiger partial charge is 0.291 e. The van der Waals surface area contributed by atoms with E-state index in [1.807, 2.05) is 37.3 Å². The van der Waals surface area contributed by atoms with Crippen LogP contribution in [0, 0.1) is 11.3 Å². The van der Waals surface area contributed by atoms with E-state index in [1.54, 1.807) is 17.0 Å². The number of allylic oxidation sites excluding steroid dienone is 4. The van der Waals surface area contributed by atoms with Gasteiger partial charge in [-0.25, -0.2) is 0 Å². The SMILES string of the molecule is C=NCC(=O)N(C(=C/C)/C(=C\CCl)Cc1ccc(C#N)cc1)c1ccc2c(c1)C=CCC2. The summed E-state index contributed by atoms with van der Waals surface area (Å²) in [4.78, 5) is 18.7. The molecule has 0 saturated carbocycles. The Morgan fingerprint density at radius 1 is 1.28 bits per heavy atom. The van der Waals surface area contributed by atoms with Crippen molar-refractivity contribution in [2.24, 2.45) is 4.99 Å². The molecule has 0 unspecified atom stereocenters. The lowest BCUT2D eigenvalue weighted by Crippen LogP contribution is -2.33. The number of aliphatic imine (C=N–C) groups is 1. The molecule has 0 aliphatic heterocycles. The quantitative estimate of drug-likeness (QED) is 0.291. The van der Waals surface area contributed by atoms with Gasteiger partial charge in [-0.05, 0) is 79.4 Å². The number of aryl methyl sites for hydroxylation is 1. The van der Waals surface area contributed by atoms with E-state index < -0.39 is 0 Å². The normalized spacial score (nSPS) is 13.3. The first-order valence-electron chi connectivity index (χ1n) is 10.6. The van der Waals surface area contributed by atoms with Crippen LogP contribution < -0.4 is 4.90 Å². The molecule has 0 fully saturated rings. The number of benzene rings is 2. The molecule has 2 aromatic rings. The van der Waals surface area contributed by atoms with Gasteiger partial charge in [-0.1, -0.05) is 42.5 Å². The van der Waals surface area contributed by atoms with Crippen LogP contribution in [0.2, 0.25) is 0 Å². The number of nitriles is 1. The first kappa shape index (κ1) is 23.2. The summed E-state index contributed by atoms with van der Waals surface area (Å²) in [5.74, 6) is 0.158. The minimum Gasteiger partial charge on any atom is -0.291 e. The van der Waals surface area contributed by atoms with Crippen LogP contribution in [0.15, 0.2) is 77.0 Å². The molecule has 0 radical (unpaired) electrons. The third-order valence-corrected chi connectivity index (χ3v) is 5.56. The van der Waals surface area contributed by atoms with E-state index in [1.165, 1.54) is 5.56 Å². The summed E-state index contributed by atoms with van der Waals surface area (Å²) in [6, 6.07) is 15.7. The molecule has 0 bridgehead atoms. The summed E-state index contributed by atoms with van der Waals surface area (Å²) in [7, 11) is 0. The first-order valence-corrected chi connectivity index (χ1v) is 11.1. The van der Waals surface area contributed by atoms with Gasteiger partial charge >= 0.3 is 0 Å². The maximum Gasteiger partial charge on any atom is 0.253 e. The predicted molar refractivity (Wildman–Crippen MR) is 133 cm³/mol. The standard InChI is InChI=1S/C27H26ClN3O/c1-3-26(24(14-15-28)16-20-8-10-21(18-29)11-9-20)31(27(32)19-30-2)25-13-12-22-6-4-5-7-23(22)17-25/h3,5,7-14,17H,2,4,6,15-16,19H2,1H3/b24-14-,26-3+. The van der Waals surface area contributed by atoms with E-state index in [2.05, 4.69) is 42.1 Å². The second-order valence-electron chi connectivity index (χ2n) is 7.48. The van der Waals surface area contributed by atoms with Crippen molar-refractivity contribution >= 4 is 36.0 Å². The van der Waals surface area contributed by atoms with Crippen molar-refractivity contribution in [1.29, 1.82) is 5.26 Å². The van der Waals surface area contributed by atoms with Crippen LogP contribution in [0.1, 0.15) is 35.6 Å². The summed E-state index contributed by atoms with van der Waals surface area (Å²) in [5, 5.41) is 9.06. The van der Waals surface area contributed by atoms with Crippen LogP contribution in [-0.2, 0) is 17.6 Å². The highest BCUT2D eigenvalue weighted by atomic mass is 35.5. The third-order valence-electron chi connectivity index (χ3n) is 5.41. The Kier molecular flexibility index (Phi) is 8.19. The molecule has 1 aliphatic rings. The molecule has 0 heterocycles. The van der Waals surface area contributed by atoms with E-state index in [0.29, 0.717) is 17.9 Å². The average Bonchev–Trinajstić information content (AvgIpc) is 2.82. The number of amides is 1. The van der Waals surface area contributed by atoms with Crippen molar-refractivity contribution in [3.8, 4) is 6.07 Å². The number of carbonyl (C=O) groups excluding carboxylic acids is 1. The molecule has 0 N–H and O–H groups in total. The van der Waals surface area contributed by atoms with Crippen molar-refractivity contribution in [3.63, 3.8) is 0 Å². The van der Waals surface area contributed by atoms with Crippen molar-refractivity contribution in [2.75, 3.05) is 17.3 Å². The fourth-order valence-corrected chi connectivity index (χ4v) is 4.06. The number of hydrogen-bond donors (Lipinski definition) is 0. The maximum atomic E-state index is 13.2. The second kappa shape index (κ2) is 11.3. The zero-order valence-electron chi connectivity index (χ0n) is 18.2. The molecule has 0 atom stereocenters. The van der Waals surface area contributed by atoms with Gasteiger partial charge in [0.1, 0.15) is 6.54 Å². The van der Waals surface area contributed by atoms with Gasteiger partial charge < -0.3 is 0 Å². The van der Waals surface area contributed by atoms with Crippen molar-refractivity contribution in [1.82, 2.24) is 0 Å². The molecular formula is C27H26ClN3O. The predicted octanol–water partition coefficient (Wildman–Crippen LogP) is 5.86. The van der Waals surface area contributed by atoms with Crippen molar-refractivity contribution in [2.45, 2.75) is 26.2 Å². The van der Waals surface area contributed by atoms with E-state index in [-0.39, 0.29) is 12.5 Å². The lowest BCUT2D eigenvalue weighted by molar-refractivity contribution is -0.116. The molecule has 1 aliphatic carbocycles. The van der Waals surface area contributed by atoms with Gasteiger partial charge in [0, 0.05) is 17.3 Å². The van der Waals surface area contributed by atoms with Crippen LogP contribution in [0.5, 0.6) is 0 Å². The van der Waals surface area contributed by atoms with Crippen molar-refractivity contribution < 1.29 is 4.79 Å². The minimum atomic E-state index is -0.159. The molecule has 32 heavy (non-hydrogen) atoms. The lowest BCUT2D eigenvalue weighted by Gasteiger charge is -2.28. The zero-order chi connectivity index (χ0) is 22.9. The van der Waals surface area contributed by atoms with E-state index in [4.69, 9.17) is 16.9 Å². The molecule has 0 saturated heterocycles. The molecule has 162 valence electrons. The summed E-state index contributed by atoms with van der Waals surface area (Å²) in [6.45, 7) is 5.40. The van der Waals surface area contributed by atoms with Crippen LogP contribution in [0.25, 0.3) is 6.08 Å². The number of fused-ring (bicyclic) bond motifs is 1. The number of alkyl halides is 1. The van der Waals surface area contributed by atoms with Crippen LogP contribution in [0.4, 0.5) is 5.69 Å². The van der Waals surface area contributed by atoms with Gasteiger partial charge in [0.15, 0.2) is 0 Å². The zero-order valence-corrected chi connectivity index (χ0v) is 19.0. The van der Waals surface area contributed by atoms with Gasteiger partial charge in [0.2, 0.25) is 0 Å². The molecular weight excluding hydrogens is 418 g/mol. The van der Waals surface area contributed by atoms with Crippen LogP contribution in [0.3, 0.4) is 0 Å². The monoisotopic (exact) mass is 443 g/mol. The molecule has 5 heteroatoms. The molecule has 4 nitrogen and oxygen atoms in total. The van der Waals surface area contributed by atoms with Crippen LogP contribution in [-0.4, -0.2) is 25.0 Å². The average molecular weight is 444 g/mol. The van der Waals surface area contributed by atoms with Gasteiger partial charge in [0.05, 0.1) is 11.6 Å². The molecule has 2 aromatic carbocycles. The lowest BCUT2D eigenvalue weighted by atomic mass is 9.95. The van der Waals surface area contributed by atoms with E-state index >= 15 is 0 Å². The second-order valence-corrected chi connectivity index (χ2v) is 7.79. The Morgan fingerprint density at radius 3 is 2.72 bits per heavy atom. The van der Waals surface area contributed by atoms with Gasteiger partial charge in [-0.3, -0.25) is 14.7 Å². The number of halogens is 1. The molecule has 0 aromatic heterocycles. The Morgan fingerprint density at radius 2 is 2.06 bits per heavy atom. The Hall–Kier alpha value is -3.42. The fourth-order valence-electron chi connectivity index (χ4n) is 3.87. The number of carbonyl (C=O) groups is 1. The smallest absolute Gasteiger partial charge is 0.253 e. The maximum absolute atomic E-state index is 13.2. The number of anilines is 1. The topological polar surface area (TPSA) is 56.5 Å². The summed E-state index contributed by atoms with van der Waals surface area (Å²) < 4.78 is 0. The first-order chi connectivity index (χ1) is 15.6. The number of hydrogen-bond acceptors (Lipinski definition) is 3. The van der Waals surface area contributed by atoms with E-state index in [9.17, 15) is 4.79 Å². The highest BCUT2D eigenvalue weighted by Gasteiger charge is 2.23. The fraction of sp³-hybridized carbons (Fsp3) is 0.222. The summed E-state index contributed by atoms with van der Waals surface area (Å²) in [6.07, 6.45) is 10.7. The van der Waals surface area contributed by atoms with Crippen molar-refractivity contribution in [3.05, 3.63) is 94.2 Å². The molecule has 1 amide bonds. The molecule has 3 rings (SSSR count). The van der Waals surface area contributed by atoms with E-state index in [0.717, 1.165) is 40.9 Å². The highest BCUT2D eigenvalue weighted by Crippen LogP contribution is 2.31. The van der Waals surface area contributed by atoms with Crippen LogP contribution >= 0.6 is 11.6 Å². The number of rotatable bonds is 8. The minimum absolute atomic E-state index is 0.0186. The number of nitrogens with zero attached hydrogens (tertiary/aromatic N) is 3. The summed E-state index contributed by atoms with van der Waals surface area (Å²) in [5.41, 5.74) is 6.53. The third kappa shape index (κ3) is 5.43. The summed E-state index contributed by atoms with van der Waals surface area (Å²) >= 11 is 6.11.